The molecule has 0 atom stereocenters. The molecule has 0 unspecified atom stereocenters. The highest BCUT2D eigenvalue weighted by atomic mass is 16.6. The molecule has 0 saturated carbocycles. The van der Waals surface area contributed by atoms with E-state index in [1.165, 1.54) is 13.1 Å². The van der Waals surface area contributed by atoms with Crippen molar-refractivity contribution in [2.24, 2.45) is 0 Å². The predicted molar refractivity (Wildman–Crippen MR) is 77.5 cm³/mol. The number of amides is 1. The molecule has 108 valence electrons. The maximum Gasteiger partial charge on any atom is 0.407 e. The van der Waals surface area contributed by atoms with Gasteiger partial charge in [0.1, 0.15) is 5.60 Å². The van der Waals surface area contributed by atoms with E-state index in [1.54, 1.807) is 24.3 Å². The van der Waals surface area contributed by atoms with E-state index in [9.17, 15) is 9.59 Å². The highest BCUT2D eigenvalue weighted by Crippen LogP contribution is 2.06. The van der Waals surface area contributed by atoms with Crippen LogP contribution in [0.3, 0.4) is 0 Å². The molecule has 20 heavy (non-hydrogen) atoms. The van der Waals surface area contributed by atoms with Crippen molar-refractivity contribution in [1.29, 1.82) is 0 Å². The third-order valence-electron chi connectivity index (χ3n) is 2.24. The molecule has 0 aliphatic rings. The van der Waals surface area contributed by atoms with E-state index in [1.807, 2.05) is 20.8 Å². The molecule has 0 aliphatic heterocycles. The number of nitrogens with one attached hydrogen (secondary N) is 1. The Bertz CT molecular complexity index is 499. The summed E-state index contributed by atoms with van der Waals surface area (Å²) in [5.74, 6) is -0.0142. The number of nitrogens with zero attached hydrogens (tertiary/aromatic N) is 1. The van der Waals surface area contributed by atoms with Crippen LogP contribution in [0.5, 0.6) is 0 Å². The van der Waals surface area contributed by atoms with Gasteiger partial charge in [-0.2, -0.15) is 0 Å². The summed E-state index contributed by atoms with van der Waals surface area (Å²) in [5.41, 5.74) is 0.799. The third kappa shape index (κ3) is 6.13. The Hall–Kier alpha value is -2.17. The van der Waals surface area contributed by atoms with Crippen molar-refractivity contribution in [1.82, 2.24) is 10.3 Å². The van der Waals surface area contributed by atoms with Crippen LogP contribution in [0.1, 0.15) is 43.7 Å². The summed E-state index contributed by atoms with van der Waals surface area (Å²) in [4.78, 5) is 26.6. The number of carbonyl (C=O) groups is 2. The van der Waals surface area contributed by atoms with Gasteiger partial charge in [0.25, 0.3) is 0 Å². The number of alkyl carbamates (subject to hydrolysis) is 1. The minimum atomic E-state index is -0.502. The Labute approximate surface area is 119 Å². The van der Waals surface area contributed by atoms with Crippen molar-refractivity contribution in [3.05, 3.63) is 35.7 Å². The molecule has 1 aromatic heterocycles. The monoisotopic (exact) mass is 276 g/mol. The van der Waals surface area contributed by atoms with E-state index < -0.39 is 11.7 Å². The molecule has 5 heteroatoms. The zero-order chi connectivity index (χ0) is 15.2. The number of ether oxygens (including phenoxy) is 1. The fourth-order valence-electron chi connectivity index (χ4n) is 1.35. The van der Waals surface area contributed by atoms with Crippen LogP contribution in [-0.2, 0) is 4.74 Å². The summed E-state index contributed by atoms with van der Waals surface area (Å²) < 4.78 is 5.10. The first-order chi connectivity index (χ1) is 9.28. The Kier molecular flexibility index (Phi) is 5.43. The van der Waals surface area contributed by atoms with Crippen molar-refractivity contribution < 1.29 is 14.3 Å². The van der Waals surface area contributed by atoms with Gasteiger partial charge in [0.2, 0.25) is 0 Å². The third-order valence-corrected chi connectivity index (χ3v) is 2.24. The van der Waals surface area contributed by atoms with Gasteiger partial charge in [-0.3, -0.25) is 9.78 Å². The fraction of sp³-hybridized carbons (Fsp3) is 0.400. The second-order valence-corrected chi connectivity index (χ2v) is 5.31. The topological polar surface area (TPSA) is 68.3 Å². The van der Waals surface area contributed by atoms with E-state index in [0.717, 1.165) is 5.69 Å². The van der Waals surface area contributed by atoms with Crippen LogP contribution in [0, 0.1) is 0 Å². The molecule has 1 rings (SSSR count). The van der Waals surface area contributed by atoms with Gasteiger partial charge >= 0.3 is 6.09 Å². The van der Waals surface area contributed by atoms with E-state index in [4.69, 9.17) is 4.74 Å². The zero-order valence-corrected chi connectivity index (χ0v) is 12.3. The zero-order valence-electron chi connectivity index (χ0n) is 12.3. The molecule has 0 spiro atoms. The molecule has 5 nitrogen and oxygen atoms in total. The van der Waals surface area contributed by atoms with E-state index in [-0.39, 0.29) is 5.78 Å². The maximum absolute atomic E-state index is 11.4. The van der Waals surface area contributed by atoms with Gasteiger partial charge in [-0.25, -0.2) is 4.79 Å². The Morgan fingerprint density at radius 2 is 2.05 bits per heavy atom. The van der Waals surface area contributed by atoms with Crippen LogP contribution >= 0.6 is 0 Å². The van der Waals surface area contributed by atoms with Crippen LogP contribution in [0.25, 0.3) is 6.08 Å². The highest BCUT2D eigenvalue weighted by molar-refractivity contribution is 5.93. The lowest BCUT2D eigenvalue weighted by atomic mass is 10.2. The van der Waals surface area contributed by atoms with Crippen LogP contribution in [0.15, 0.2) is 24.4 Å². The Morgan fingerprint density at radius 1 is 1.35 bits per heavy atom. The summed E-state index contributed by atoms with van der Waals surface area (Å²) in [7, 11) is 0. The average molecular weight is 276 g/mol. The maximum atomic E-state index is 11.4. The molecule has 0 aliphatic carbocycles. The number of hydrogen-bond acceptors (Lipinski definition) is 4. The van der Waals surface area contributed by atoms with Crippen LogP contribution in [-0.4, -0.2) is 29.0 Å². The minimum absolute atomic E-state index is 0.0142. The summed E-state index contributed by atoms with van der Waals surface area (Å²) in [6.07, 6.45) is 4.60. The average Bonchev–Trinajstić information content (AvgIpc) is 2.33. The lowest BCUT2D eigenvalue weighted by molar-refractivity contribution is 0.0534. The SMILES string of the molecule is CC(=O)c1ccc(C=CCNC(=O)OC(C)(C)C)nc1. The van der Waals surface area contributed by atoms with E-state index >= 15 is 0 Å². The molecule has 0 bridgehead atoms. The first-order valence-electron chi connectivity index (χ1n) is 6.38. The minimum Gasteiger partial charge on any atom is -0.444 e. The number of aromatic nitrogens is 1. The smallest absolute Gasteiger partial charge is 0.407 e. The second kappa shape index (κ2) is 6.84. The van der Waals surface area contributed by atoms with Gasteiger partial charge in [-0.1, -0.05) is 6.08 Å². The van der Waals surface area contributed by atoms with Crippen LogP contribution in [0.4, 0.5) is 4.79 Å². The van der Waals surface area contributed by atoms with E-state index in [2.05, 4.69) is 10.3 Å². The normalized spacial score (nSPS) is 11.4. The van der Waals surface area contributed by atoms with Gasteiger partial charge in [-0.05, 0) is 45.9 Å². The van der Waals surface area contributed by atoms with Gasteiger partial charge in [0.15, 0.2) is 5.78 Å². The fourth-order valence-corrected chi connectivity index (χ4v) is 1.35. The number of carbonyl (C=O) groups excluding carboxylic acids is 2. The van der Waals surface area contributed by atoms with Crippen LogP contribution < -0.4 is 5.32 Å². The lowest BCUT2D eigenvalue weighted by Crippen LogP contribution is -2.32. The molecule has 0 fully saturated rings. The molecule has 1 aromatic rings. The molecule has 0 aromatic carbocycles. The molecule has 1 N–H and O–H groups in total. The number of pyridine rings is 1. The highest BCUT2D eigenvalue weighted by Gasteiger charge is 2.14. The Balaban J connectivity index is 2.42. The van der Waals surface area contributed by atoms with Crippen molar-refractivity contribution in [3.8, 4) is 0 Å². The summed E-state index contributed by atoms with van der Waals surface area (Å²) in [6.45, 7) is 7.27. The van der Waals surface area contributed by atoms with Gasteiger partial charge < -0.3 is 10.1 Å². The van der Waals surface area contributed by atoms with Crippen molar-refractivity contribution in [3.63, 3.8) is 0 Å². The number of Topliss-reactive ketones (excluding diaryl/α,β-unsaturated/α-hetero) is 1. The summed E-state index contributed by atoms with van der Waals surface area (Å²) in [6, 6.07) is 3.47. The molecular formula is C15H20N2O3. The first kappa shape index (κ1) is 15.9. The second-order valence-electron chi connectivity index (χ2n) is 5.31. The predicted octanol–water partition coefficient (Wildman–Crippen LogP) is 2.82. The quantitative estimate of drug-likeness (QED) is 0.859. The standard InChI is InChI=1S/C15H20N2O3/c1-11(18)12-7-8-13(17-10-12)6-5-9-16-14(19)20-15(2,3)4/h5-8,10H,9H2,1-4H3,(H,16,19). The molecule has 1 amide bonds. The van der Waals surface area contributed by atoms with Gasteiger partial charge in [-0.15, -0.1) is 0 Å². The molecule has 1 heterocycles. The van der Waals surface area contributed by atoms with Crippen molar-refractivity contribution in [2.45, 2.75) is 33.3 Å². The molecular weight excluding hydrogens is 256 g/mol. The van der Waals surface area contributed by atoms with E-state index in [0.29, 0.717) is 12.1 Å². The summed E-state index contributed by atoms with van der Waals surface area (Å²) >= 11 is 0. The molecule has 0 radical (unpaired) electrons. The number of ketones is 1. The summed E-state index contributed by atoms with van der Waals surface area (Å²) in [5, 5.41) is 2.61. The lowest BCUT2D eigenvalue weighted by Gasteiger charge is -2.19. The van der Waals surface area contributed by atoms with Gasteiger partial charge in [0, 0.05) is 18.3 Å². The number of hydrogen-bond donors (Lipinski definition) is 1. The molecule has 0 saturated heterocycles. The van der Waals surface area contributed by atoms with Crippen molar-refractivity contribution in [2.75, 3.05) is 6.54 Å². The van der Waals surface area contributed by atoms with Crippen LogP contribution in [0.2, 0.25) is 0 Å². The number of rotatable bonds is 4. The van der Waals surface area contributed by atoms with Gasteiger partial charge in [0.05, 0.1) is 5.69 Å². The van der Waals surface area contributed by atoms with Crippen molar-refractivity contribution >= 4 is 18.0 Å². The Morgan fingerprint density at radius 3 is 2.55 bits per heavy atom. The largest absolute Gasteiger partial charge is 0.444 e. The first-order valence-corrected chi connectivity index (χ1v) is 6.38.